The molecule has 4 heteroatoms. The Morgan fingerprint density at radius 3 is 2.85 bits per heavy atom. The highest BCUT2D eigenvalue weighted by Gasteiger charge is 2.65. The predicted molar refractivity (Wildman–Crippen MR) is 103 cm³/mol. The van der Waals surface area contributed by atoms with Gasteiger partial charge in [0.1, 0.15) is 5.60 Å². The Morgan fingerprint density at radius 1 is 1.30 bits per heavy atom. The van der Waals surface area contributed by atoms with Crippen LogP contribution in [0.2, 0.25) is 0 Å². The Bertz CT molecular complexity index is 753. The third-order valence-electron chi connectivity index (χ3n) is 9.09. The third kappa shape index (κ3) is 2.28. The van der Waals surface area contributed by atoms with Gasteiger partial charge >= 0.3 is 5.97 Å². The van der Waals surface area contributed by atoms with E-state index in [1.54, 1.807) is 6.08 Å². The number of oxime groups is 1. The molecule has 3 saturated carbocycles. The van der Waals surface area contributed by atoms with E-state index in [0.29, 0.717) is 17.8 Å². The van der Waals surface area contributed by atoms with Crippen molar-refractivity contribution in [2.45, 2.75) is 70.8 Å². The first-order valence-corrected chi connectivity index (χ1v) is 10.8. The molecule has 0 aromatic carbocycles. The SMILES string of the molecule is CC[C@H]1CC2=C/C(=N/O)CC[C@@H]2C2CC[C@@]3(C)C(CC[C@@]34C=CC(=O)O4)C21. The van der Waals surface area contributed by atoms with Crippen LogP contribution in [-0.4, -0.2) is 22.5 Å². The average Bonchev–Trinajstić information content (AvgIpc) is 3.21. The summed E-state index contributed by atoms with van der Waals surface area (Å²) in [7, 11) is 0. The summed E-state index contributed by atoms with van der Waals surface area (Å²) in [6.45, 7) is 4.73. The number of rotatable bonds is 1. The lowest BCUT2D eigenvalue weighted by atomic mass is 9.48. The van der Waals surface area contributed by atoms with Gasteiger partial charge in [-0.3, -0.25) is 0 Å². The molecule has 4 nitrogen and oxygen atoms in total. The van der Waals surface area contributed by atoms with E-state index in [1.165, 1.54) is 24.8 Å². The first-order valence-electron chi connectivity index (χ1n) is 10.8. The molecule has 3 unspecified atom stereocenters. The van der Waals surface area contributed by atoms with Crippen molar-refractivity contribution in [1.29, 1.82) is 0 Å². The molecule has 0 aromatic heterocycles. The van der Waals surface area contributed by atoms with Crippen LogP contribution in [0.4, 0.5) is 0 Å². The van der Waals surface area contributed by atoms with Gasteiger partial charge in [-0.25, -0.2) is 4.79 Å². The number of fused-ring (bicyclic) bond motifs is 6. The zero-order valence-corrected chi connectivity index (χ0v) is 16.5. The van der Waals surface area contributed by atoms with Crippen LogP contribution in [0.25, 0.3) is 0 Å². The van der Waals surface area contributed by atoms with Gasteiger partial charge in [-0.15, -0.1) is 0 Å². The number of allylic oxidation sites excluding steroid dienone is 2. The molecule has 7 atom stereocenters. The van der Waals surface area contributed by atoms with Crippen molar-refractivity contribution in [3.8, 4) is 0 Å². The van der Waals surface area contributed by atoms with Crippen molar-refractivity contribution in [2.75, 3.05) is 0 Å². The van der Waals surface area contributed by atoms with Crippen LogP contribution >= 0.6 is 0 Å². The third-order valence-corrected chi connectivity index (χ3v) is 9.09. The van der Waals surface area contributed by atoms with E-state index in [4.69, 9.17) is 4.74 Å². The minimum atomic E-state index is -0.350. The quantitative estimate of drug-likeness (QED) is 0.407. The molecule has 4 aliphatic carbocycles. The number of carbonyl (C=O) groups excluding carboxylic acids is 1. The van der Waals surface area contributed by atoms with Gasteiger partial charge in [-0.05, 0) is 86.7 Å². The second kappa shape index (κ2) is 5.96. The van der Waals surface area contributed by atoms with Gasteiger partial charge in [-0.2, -0.15) is 0 Å². The molecule has 0 amide bonds. The van der Waals surface area contributed by atoms with Crippen molar-refractivity contribution < 1.29 is 14.7 Å². The van der Waals surface area contributed by atoms with E-state index in [-0.39, 0.29) is 17.0 Å². The molecule has 5 rings (SSSR count). The van der Waals surface area contributed by atoms with E-state index < -0.39 is 0 Å². The van der Waals surface area contributed by atoms with Gasteiger partial charge in [-0.1, -0.05) is 31.0 Å². The minimum absolute atomic E-state index is 0.0812. The van der Waals surface area contributed by atoms with E-state index in [2.05, 4.69) is 31.2 Å². The number of hydrogen-bond donors (Lipinski definition) is 1. The summed E-state index contributed by atoms with van der Waals surface area (Å²) in [6.07, 6.45) is 14.9. The van der Waals surface area contributed by atoms with Crippen molar-refractivity contribution in [3.05, 3.63) is 23.8 Å². The molecule has 0 saturated heterocycles. The standard InChI is InChI=1S/C23H31NO3/c1-3-14-12-15-13-16(24-26)4-5-17(15)18-6-9-22(2)19(21(14)18)7-10-23(22)11-8-20(25)27-23/h8,11,13-14,17-19,21,26H,3-7,9-10,12H2,1-2H3/b24-16+/t14-,17-,18?,19?,21?,22-,23+/m0/s1. The van der Waals surface area contributed by atoms with Crippen LogP contribution < -0.4 is 0 Å². The first-order chi connectivity index (χ1) is 13.0. The molecule has 1 aliphatic heterocycles. The molecular weight excluding hydrogens is 338 g/mol. The van der Waals surface area contributed by atoms with Gasteiger partial charge in [0, 0.05) is 11.5 Å². The number of ether oxygens (including phenoxy) is 1. The molecule has 0 bridgehead atoms. The molecule has 1 heterocycles. The van der Waals surface area contributed by atoms with E-state index in [1.807, 2.05) is 0 Å². The van der Waals surface area contributed by atoms with Crippen LogP contribution in [0.15, 0.2) is 29.0 Å². The molecule has 1 N–H and O–H groups in total. The fraction of sp³-hybridized carbons (Fsp3) is 0.739. The smallest absolute Gasteiger partial charge is 0.331 e. The summed E-state index contributed by atoms with van der Waals surface area (Å²) in [4.78, 5) is 11.9. The number of nitrogens with zero attached hydrogens (tertiary/aromatic N) is 1. The van der Waals surface area contributed by atoms with Crippen LogP contribution in [0.1, 0.15) is 65.2 Å². The van der Waals surface area contributed by atoms with Crippen molar-refractivity contribution in [2.24, 2.45) is 40.2 Å². The highest BCUT2D eigenvalue weighted by atomic mass is 16.6. The maximum atomic E-state index is 11.9. The maximum absolute atomic E-state index is 11.9. The van der Waals surface area contributed by atoms with Gasteiger partial charge in [0.2, 0.25) is 0 Å². The second-order valence-corrected chi connectivity index (χ2v) is 9.81. The maximum Gasteiger partial charge on any atom is 0.331 e. The Labute approximate surface area is 161 Å². The van der Waals surface area contributed by atoms with Crippen LogP contribution in [-0.2, 0) is 9.53 Å². The Hall–Kier alpha value is -1.58. The summed E-state index contributed by atoms with van der Waals surface area (Å²) in [5.74, 6) is 3.32. The molecule has 1 spiro atoms. The molecule has 146 valence electrons. The van der Waals surface area contributed by atoms with Crippen molar-refractivity contribution >= 4 is 11.7 Å². The van der Waals surface area contributed by atoms with Crippen LogP contribution in [0.5, 0.6) is 0 Å². The first kappa shape index (κ1) is 17.5. The number of esters is 1. The van der Waals surface area contributed by atoms with Gasteiger partial charge in [0.15, 0.2) is 0 Å². The minimum Gasteiger partial charge on any atom is -0.451 e. The summed E-state index contributed by atoms with van der Waals surface area (Å²) < 4.78 is 5.96. The lowest BCUT2D eigenvalue weighted by Gasteiger charge is -2.57. The molecular formula is C23H31NO3. The summed E-state index contributed by atoms with van der Waals surface area (Å²) in [5.41, 5.74) is 2.12. The number of hydrogen-bond acceptors (Lipinski definition) is 4. The Kier molecular flexibility index (Phi) is 3.86. The summed E-state index contributed by atoms with van der Waals surface area (Å²) in [5, 5.41) is 12.7. The lowest BCUT2D eigenvalue weighted by molar-refractivity contribution is -0.163. The molecule has 0 radical (unpaired) electrons. The fourth-order valence-corrected chi connectivity index (χ4v) is 7.81. The Morgan fingerprint density at radius 2 is 2.15 bits per heavy atom. The average molecular weight is 370 g/mol. The van der Waals surface area contributed by atoms with Crippen LogP contribution in [0.3, 0.4) is 0 Å². The zero-order chi connectivity index (χ0) is 18.8. The largest absolute Gasteiger partial charge is 0.451 e. The van der Waals surface area contributed by atoms with Crippen molar-refractivity contribution in [1.82, 2.24) is 0 Å². The normalized spacial score (nSPS) is 49.6. The lowest BCUT2D eigenvalue weighted by Crippen LogP contribution is -2.54. The van der Waals surface area contributed by atoms with E-state index in [0.717, 1.165) is 49.7 Å². The van der Waals surface area contributed by atoms with Gasteiger partial charge in [0.25, 0.3) is 0 Å². The molecule has 3 fully saturated rings. The summed E-state index contributed by atoms with van der Waals surface area (Å²) in [6, 6.07) is 0. The summed E-state index contributed by atoms with van der Waals surface area (Å²) >= 11 is 0. The van der Waals surface area contributed by atoms with Gasteiger partial charge in [0.05, 0.1) is 5.71 Å². The van der Waals surface area contributed by atoms with Crippen molar-refractivity contribution in [3.63, 3.8) is 0 Å². The molecule has 5 aliphatic rings. The highest BCUT2D eigenvalue weighted by molar-refractivity contribution is 5.96. The molecule has 0 aromatic rings. The van der Waals surface area contributed by atoms with E-state index >= 15 is 0 Å². The zero-order valence-electron chi connectivity index (χ0n) is 16.5. The fourth-order valence-electron chi connectivity index (χ4n) is 7.81. The van der Waals surface area contributed by atoms with Crippen LogP contribution in [0, 0.1) is 35.0 Å². The second-order valence-electron chi connectivity index (χ2n) is 9.81. The van der Waals surface area contributed by atoms with Gasteiger partial charge < -0.3 is 9.94 Å². The Balaban J connectivity index is 1.51. The number of carbonyl (C=O) groups is 1. The van der Waals surface area contributed by atoms with E-state index in [9.17, 15) is 10.0 Å². The predicted octanol–water partition coefficient (Wildman–Crippen LogP) is 4.88. The topological polar surface area (TPSA) is 58.9 Å². The molecule has 27 heavy (non-hydrogen) atoms. The highest BCUT2D eigenvalue weighted by Crippen LogP contribution is 2.68. The monoisotopic (exact) mass is 369 g/mol.